The number of nitrogens with one attached hydrogen (secondary N) is 1. The number of aryl methyl sites for hydroxylation is 1. The van der Waals surface area contributed by atoms with Crippen LogP contribution >= 0.6 is 0 Å². The number of rotatable bonds is 5. The number of benzene rings is 2. The molecule has 0 unspecified atom stereocenters. The zero-order chi connectivity index (χ0) is 15.4. The van der Waals surface area contributed by atoms with Crippen LogP contribution in [0, 0.1) is 6.92 Å². The zero-order valence-corrected chi connectivity index (χ0v) is 12.5. The third-order valence-electron chi connectivity index (χ3n) is 3.60. The highest BCUT2D eigenvalue weighted by molar-refractivity contribution is 5.86. The van der Waals surface area contributed by atoms with Gasteiger partial charge in [-0.2, -0.15) is 0 Å². The highest BCUT2D eigenvalue weighted by atomic mass is 16.5. The molecule has 3 aromatic rings. The van der Waals surface area contributed by atoms with Gasteiger partial charge in [-0.05, 0) is 31.0 Å². The van der Waals surface area contributed by atoms with Gasteiger partial charge in [0.25, 0.3) is 0 Å². The van der Waals surface area contributed by atoms with Crippen LogP contribution in [0.25, 0.3) is 11.0 Å². The van der Waals surface area contributed by atoms with Gasteiger partial charge in [0.15, 0.2) is 5.58 Å². The zero-order valence-electron chi connectivity index (χ0n) is 12.5. The fourth-order valence-electron chi connectivity index (χ4n) is 2.49. The molecule has 0 saturated heterocycles. The first-order chi connectivity index (χ1) is 10.7. The molecular formula is C18H18N2O2. The lowest BCUT2D eigenvalue weighted by Crippen LogP contribution is -2.27. The summed E-state index contributed by atoms with van der Waals surface area (Å²) in [6.07, 6.45) is 1.07. The summed E-state index contributed by atoms with van der Waals surface area (Å²) < 4.78 is 5.21. The molecule has 0 spiro atoms. The number of amides is 1. The van der Waals surface area contributed by atoms with Gasteiger partial charge in [-0.15, -0.1) is 0 Å². The second-order valence-corrected chi connectivity index (χ2v) is 5.39. The number of hydrogen-bond acceptors (Lipinski definition) is 3. The van der Waals surface area contributed by atoms with E-state index in [1.807, 2.05) is 30.3 Å². The topological polar surface area (TPSA) is 55.1 Å². The maximum Gasteiger partial charge on any atom is 0.226 e. The lowest BCUT2D eigenvalue weighted by molar-refractivity contribution is -0.120. The fourth-order valence-corrected chi connectivity index (χ4v) is 2.49. The van der Waals surface area contributed by atoms with Crippen molar-refractivity contribution in [2.45, 2.75) is 19.8 Å². The Morgan fingerprint density at radius 3 is 2.91 bits per heavy atom. The minimum Gasteiger partial charge on any atom is -0.356 e. The Balaban J connectivity index is 1.54. The average Bonchev–Trinajstić information content (AvgIpc) is 2.91. The molecule has 1 amide bonds. The number of carbonyl (C=O) groups excluding carboxylic acids is 1. The largest absolute Gasteiger partial charge is 0.356 e. The van der Waals surface area contributed by atoms with Gasteiger partial charge < -0.3 is 9.84 Å². The molecule has 0 fully saturated rings. The Bertz CT molecular complexity index is 792. The molecule has 0 radical (unpaired) electrons. The number of para-hydroxylation sites is 1. The van der Waals surface area contributed by atoms with E-state index in [9.17, 15) is 4.79 Å². The van der Waals surface area contributed by atoms with E-state index in [4.69, 9.17) is 4.52 Å². The van der Waals surface area contributed by atoms with Gasteiger partial charge in [0.2, 0.25) is 5.91 Å². The van der Waals surface area contributed by atoms with Crippen LogP contribution in [0.2, 0.25) is 0 Å². The Kier molecular flexibility index (Phi) is 4.19. The van der Waals surface area contributed by atoms with Crippen molar-refractivity contribution in [2.24, 2.45) is 0 Å². The number of nitrogens with zero attached hydrogens (tertiary/aromatic N) is 1. The minimum absolute atomic E-state index is 0.0355. The van der Waals surface area contributed by atoms with E-state index in [0.29, 0.717) is 17.8 Å². The van der Waals surface area contributed by atoms with E-state index >= 15 is 0 Å². The van der Waals surface area contributed by atoms with E-state index in [1.54, 1.807) is 0 Å². The smallest absolute Gasteiger partial charge is 0.226 e. The van der Waals surface area contributed by atoms with Crippen LogP contribution in [0.4, 0.5) is 0 Å². The summed E-state index contributed by atoms with van der Waals surface area (Å²) in [7, 11) is 0. The van der Waals surface area contributed by atoms with Gasteiger partial charge in [0.05, 0.1) is 6.42 Å². The van der Waals surface area contributed by atoms with E-state index in [2.05, 4.69) is 35.6 Å². The van der Waals surface area contributed by atoms with Crippen LogP contribution in [-0.4, -0.2) is 17.6 Å². The normalized spacial score (nSPS) is 10.8. The first-order valence-electron chi connectivity index (χ1n) is 7.38. The van der Waals surface area contributed by atoms with Crippen molar-refractivity contribution in [3.8, 4) is 0 Å². The lowest BCUT2D eigenvalue weighted by Gasteiger charge is -2.05. The van der Waals surface area contributed by atoms with Crippen molar-refractivity contribution in [3.05, 3.63) is 65.4 Å². The summed E-state index contributed by atoms with van der Waals surface area (Å²) in [5.41, 5.74) is 3.86. The summed E-state index contributed by atoms with van der Waals surface area (Å²) in [5.74, 6) is -0.0355. The first-order valence-corrected chi connectivity index (χ1v) is 7.38. The van der Waals surface area contributed by atoms with E-state index in [-0.39, 0.29) is 12.3 Å². The average molecular weight is 294 g/mol. The van der Waals surface area contributed by atoms with Crippen molar-refractivity contribution >= 4 is 16.9 Å². The molecule has 0 aliphatic rings. The molecule has 4 nitrogen and oxygen atoms in total. The van der Waals surface area contributed by atoms with Gasteiger partial charge in [0, 0.05) is 11.9 Å². The monoisotopic (exact) mass is 294 g/mol. The molecule has 2 aromatic carbocycles. The molecule has 1 N–H and O–H groups in total. The highest BCUT2D eigenvalue weighted by Gasteiger charge is 2.11. The van der Waals surface area contributed by atoms with E-state index in [0.717, 1.165) is 11.8 Å². The Morgan fingerprint density at radius 2 is 2.05 bits per heavy atom. The van der Waals surface area contributed by atoms with Gasteiger partial charge in [0.1, 0.15) is 5.69 Å². The van der Waals surface area contributed by atoms with Gasteiger partial charge in [-0.3, -0.25) is 4.79 Å². The fraction of sp³-hybridized carbons (Fsp3) is 0.222. The molecule has 3 rings (SSSR count). The molecule has 1 aromatic heterocycles. The first kappa shape index (κ1) is 14.3. The summed E-state index contributed by atoms with van der Waals surface area (Å²) in [5, 5.41) is 7.81. The SMILES string of the molecule is Cc1cccc(CCNC(=O)Cc2noc3ccccc23)c1. The molecule has 0 aliphatic heterocycles. The Hall–Kier alpha value is -2.62. The standard InChI is InChI=1S/C18H18N2O2/c1-13-5-4-6-14(11-13)9-10-19-18(21)12-16-15-7-2-3-8-17(15)22-20-16/h2-8,11H,9-10,12H2,1H3,(H,19,21). The third-order valence-corrected chi connectivity index (χ3v) is 3.60. The summed E-state index contributed by atoms with van der Waals surface area (Å²) in [4.78, 5) is 12.0. The molecule has 0 saturated carbocycles. The molecule has 0 aliphatic carbocycles. The summed E-state index contributed by atoms with van der Waals surface area (Å²) in [6, 6.07) is 15.9. The Labute approximate surface area is 129 Å². The van der Waals surface area contributed by atoms with E-state index < -0.39 is 0 Å². The third kappa shape index (κ3) is 3.34. The predicted molar refractivity (Wildman–Crippen MR) is 85.6 cm³/mol. The summed E-state index contributed by atoms with van der Waals surface area (Å²) >= 11 is 0. The van der Waals surface area contributed by atoms with Crippen LogP contribution in [0.1, 0.15) is 16.8 Å². The van der Waals surface area contributed by atoms with Crippen LogP contribution in [-0.2, 0) is 17.6 Å². The maximum absolute atomic E-state index is 12.0. The van der Waals surface area contributed by atoms with Crippen molar-refractivity contribution in [2.75, 3.05) is 6.54 Å². The van der Waals surface area contributed by atoms with Crippen LogP contribution in [0.3, 0.4) is 0 Å². The van der Waals surface area contributed by atoms with Crippen molar-refractivity contribution in [1.29, 1.82) is 0 Å². The molecule has 22 heavy (non-hydrogen) atoms. The highest BCUT2D eigenvalue weighted by Crippen LogP contribution is 2.17. The van der Waals surface area contributed by atoms with Crippen molar-refractivity contribution in [3.63, 3.8) is 0 Å². The number of carbonyl (C=O) groups is 1. The molecule has 4 heteroatoms. The van der Waals surface area contributed by atoms with Crippen LogP contribution < -0.4 is 5.32 Å². The van der Waals surface area contributed by atoms with Crippen LogP contribution in [0.15, 0.2) is 53.1 Å². The molecular weight excluding hydrogens is 276 g/mol. The van der Waals surface area contributed by atoms with Gasteiger partial charge >= 0.3 is 0 Å². The van der Waals surface area contributed by atoms with Gasteiger partial charge in [-0.1, -0.05) is 47.1 Å². The predicted octanol–water partition coefficient (Wildman–Crippen LogP) is 3.04. The second kappa shape index (κ2) is 6.43. The van der Waals surface area contributed by atoms with Crippen LogP contribution in [0.5, 0.6) is 0 Å². The lowest BCUT2D eigenvalue weighted by atomic mass is 10.1. The van der Waals surface area contributed by atoms with E-state index in [1.165, 1.54) is 11.1 Å². The molecule has 0 atom stereocenters. The van der Waals surface area contributed by atoms with Gasteiger partial charge in [-0.25, -0.2) is 0 Å². The molecule has 0 bridgehead atoms. The summed E-state index contributed by atoms with van der Waals surface area (Å²) in [6.45, 7) is 2.69. The second-order valence-electron chi connectivity index (χ2n) is 5.39. The Morgan fingerprint density at radius 1 is 1.18 bits per heavy atom. The minimum atomic E-state index is -0.0355. The molecule has 112 valence electrons. The van der Waals surface area contributed by atoms with Crippen molar-refractivity contribution < 1.29 is 9.32 Å². The number of hydrogen-bond donors (Lipinski definition) is 1. The quantitative estimate of drug-likeness (QED) is 0.787. The maximum atomic E-state index is 12.0. The van der Waals surface area contributed by atoms with Crippen molar-refractivity contribution in [1.82, 2.24) is 10.5 Å². The number of aromatic nitrogens is 1. The molecule has 1 heterocycles. The number of fused-ring (bicyclic) bond motifs is 1.